The summed E-state index contributed by atoms with van der Waals surface area (Å²) in [6.45, 7) is 10.1. The first-order chi connectivity index (χ1) is 18.5. The minimum atomic E-state index is -1.24. The Morgan fingerprint density at radius 1 is 1.00 bits per heavy atom. The van der Waals surface area contributed by atoms with Crippen LogP contribution in [0.5, 0.6) is 0 Å². The highest BCUT2D eigenvalue weighted by Gasteiger charge is 2.66. The smallest absolute Gasteiger partial charge is 0.333 e. The number of unbranched alkanes of at least 4 members (excludes halogenated alkanes) is 1. The highest BCUT2D eigenvalue weighted by molar-refractivity contribution is 6.76. The number of anilines is 1. The van der Waals surface area contributed by atoms with Crippen molar-refractivity contribution in [1.29, 1.82) is 0 Å². The summed E-state index contributed by atoms with van der Waals surface area (Å²) in [7, 11) is -1.24. The van der Waals surface area contributed by atoms with Gasteiger partial charge in [0.25, 0.3) is 0 Å². The summed E-state index contributed by atoms with van der Waals surface area (Å²) < 4.78 is 5.94. The molecule has 3 fully saturated rings. The highest BCUT2D eigenvalue weighted by Crippen LogP contribution is 2.65. The molecule has 1 saturated heterocycles. The van der Waals surface area contributed by atoms with E-state index in [2.05, 4.69) is 29.6 Å². The largest absolute Gasteiger partial charge is 0.361 e. The average molecular weight is 556 g/mol. The lowest BCUT2D eigenvalue weighted by Crippen LogP contribution is -2.61. The van der Waals surface area contributed by atoms with Crippen molar-refractivity contribution in [3.8, 4) is 0 Å². The van der Waals surface area contributed by atoms with E-state index in [0.717, 1.165) is 37.4 Å². The molecule has 0 radical (unpaired) electrons. The van der Waals surface area contributed by atoms with Crippen molar-refractivity contribution in [1.82, 2.24) is 19.8 Å². The molecule has 0 atom stereocenters. The van der Waals surface area contributed by atoms with Gasteiger partial charge >= 0.3 is 6.03 Å². The number of nitrogens with zero attached hydrogens (tertiary/aromatic N) is 5. The van der Waals surface area contributed by atoms with Crippen molar-refractivity contribution in [2.24, 2.45) is 5.41 Å². The van der Waals surface area contributed by atoms with Crippen LogP contribution in [0.3, 0.4) is 0 Å². The van der Waals surface area contributed by atoms with E-state index in [-0.39, 0.29) is 36.4 Å². The van der Waals surface area contributed by atoms with Crippen LogP contribution in [0.4, 0.5) is 10.6 Å². The SMILES string of the molecule is CCCCN1C(=O)CC(=O)N(C2CCC3(CC2)CC2(C3)C(=O)N(COCC[Si](C)(C)C)c3nccnc32)C1=O. The van der Waals surface area contributed by atoms with Crippen LogP contribution >= 0.6 is 0 Å². The highest BCUT2D eigenvalue weighted by atomic mass is 28.3. The van der Waals surface area contributed by atoms with Gasteiger partial charge in [-0.1, -0.05) is 33.0 Å². The second-order valence-electron chi connectivity index (χ2n) is 13.1. The van der Waals surface area contributed by atoms with E-state index in [4.69, 9.17) is 4.74 Å². The molecule has 2 aliphatic carbocycles. The number of barbiturate groups is 1. The Hall–Kier alpha value is -2.66. The molecule has 1 aromatic rings. The monoisotopic (exact) mass is 555 g/mol. The molecule has 5 rings (SSSR count). The van der Waals surface area contributed by atoms with Gasteiger partial charge in [0.15, 0.2) is 5.82 Å². The van der Waals surface area contributed by atoms with Crippen molar-refractivity contribution in [3.05, 3.63) is 18.1 Å². The summed E-state index contributed by atoms with van der Waals surface area (Å²) >= 11 is 0. The van der Waals surface area contributed by atoms with Crippen molar-refractivity contribution in [2.45, 2.75) is 102 Å². The molecule has 4 aliphatic rings. The van der Waals surface area contributed by atoms with Crippen LogP contribution < -0.4 is 4.90 Å². The zero-order valence-electron chi connectivity index (χ0n) is 23.7. The minimum absolute atomic E-state index is 0.0186. The normalized spacial score (nSPS) is 29.0. The van der Waals surface area contributed by atoms with E-state index < -0.39 is 25.4 Å². The van der Waals surface area contributed by atoms with Gasteiger partial charge in [-0.05, 0) is 56.4 Å². The maximum atomic E-state index is 13.8. The number of hydrogen-bond acceptors (Lipinski definition) is 7. The van der Waals surface area contributed by atoms with Gasteiger partial charge in [-0.15, -0.1) is 0 Å². The number of ether oxygens (including phenoxy) is 1. The predicted molar refractivity (Wildman–Crippen MR) is 148 cm³/mol. The summed E-state index contributed by atoms with van der Waals surface area (Å²) in [5.41, 5.74) is 0.0662. The van der Waals surface area contributed by atoms with Crippen LogP contribution in [0.15, 0.2) is 12.4 Å². The third-order valence-corrected chi connectivity index (χ3v) is 10.7. The molecule has 3 heterocycles. The van der Waals surface area contributed by atoms with Gasteiger partial charge in [-0.3, -0.25) is 34.1 Å². The molecular formula is C28H41N5O5Si. The molecule has 2 saturated carbocycles. The minimum Gasteiger partial charge on any atom is -0.361 e. The van der Waals surface area contributed by atoms with Gasteiger partial charge in [0.2, 0.25) is 17.7 Å². The number of carbonyl (C=O) groups is 4. The molecule has 5 amide bonds. The Kier molecular flexibility index (Phi) is 7.43. The Bertz CT molecular complexity index is 1150. The maximum absolute atomic E-state index is 13.8. The summed E-state index contributed by atoms with van der Waals surface area (Å²) in [6, 6.07) is 0.368. The molecule has 0 unspecified atom stereocenters. The molecule has 2 aliphatic heterocycles. The molecule has 2 spiro atoms. The van der Waals surface area contributed by atoms with Crippen LogP contribution in [0.25, 0.3) is 0 Å². The molecule has 1 aromatic heterocycles. The molecule has 212 valence electrons. The number of rotatable bonds is 9. The van der Waals surface area contributed by atoms with Crippen molar-refractivity contribution in [2.75, 3.05) is 24.8 Å². The van der Waals surface area contributed by atoms with Crippen LogP contribution in [-0.4, -0.2) is 77.5 Å². The van der Waals surface area contributed by atoms with Crippen LogP contribution in [0.2, 0.25) is 25.7 Å². The van der Waals surface area contributed by atoms with Gasteiger partial charge in [-0.25, -0.2) is 9.78 Å². The Labute approximate surface area is 231 Å². The third-order valence-electron chi connectivity index (χ3n) is 9.04. The fraction of sp³-hybridized carbons (Fsp3) is 0.714. The van der Waals surface area contributed by atoms with Crippen molar-refractivity contribution >= 4 is 37.6 Å². The molecular weight excluding hydrogens is 514 g/mol. The van der Waals surface area contributed by atoms with E-state index in [9.17, 15) is 19.2 Å². The lowest BCUT2D eigenvalue weighted by Gasteiger charge is -2.56. The summed E-state index contributed by atoms with van der Waals surface area (Å²) in [5, 5.41) is 0. The third kappa shape index (κ3) is 5.03. The lowest BCUT2D eigenvalue weighted by atomic mass is 9.47. The standard InChI is InChI=1S/C28H41N5O5Si/c1-5-6-13-31-21(34)16-22(35)33(26(31)37)20-7-9-27(10-8-20)17-28(18-27)23-24(30-12-11-29-23)32(25(28)36)19-38-14-15-39(2,3)4/h11-12,20H,5-10,13-19H2,1-4H3. The number of hydrogen-bond donors (Lipinski definition) is 0. The van der Waals surface area contributed by atoms with Gasteiger partial charge in [0.05, 0.1) is 11.1 Å². The number of amides is 5. The Balaban J connectivity index is 1.23. The van der Waals surface area contributed by atoms with E-state index in [1.54, 1.807) is 17.3 Å². The molecule has 10 nitrogen and oxygen atoms in total. The number of imide groups is 2. The first kappa shape index (κ1) is 27.9. The summed E-state index contributed by atoms with van der Waals surface area (Å²) in [5.74, 6) is -0.142. The number of carbonyl (C=O) groups excluding carboxylic acids is 4. The molecule has 39 heavy (non-hydrogen) atoms. The number of aromatic nitrogens is 2. The quantitative estimate of drug-likeness (QED) is 0.256. The fourth-order valence-corrected chi connectivity index (χ4v) is 7.66. The maximum Gasteiger partial charge on any atom is 0.333 e. The summed E-state index contributed by atoms with van der Waals surface area (Å²) in [4.78, 5) is 65.4. The van der Waals surface area contributed by atoms with E-state index >= 15 is 0 Å². The lowest BCUT2D eigenvalue weighted by molar-refractivity contribution is -0.145. The van der Waals surface area contributed by atoms with Gasteiger partial charge < -0.3 is 4.74 Å². The van der Waals surface area contributed by atoms with Crippen molar-refractivity contribution < 1.29 is 23.9 Å². The molecule has 0 aromatic carbocycles. The zero-order chi connectivity index (χ0) is 28.0. The van der Waals surface area contributed by atoms with Crippen molar-refractivity contribution in [3.63, 3.8) is 0 Å². The van der Waals surface area contributed by atoms with E-state index in [0.29, 0.717) is 44.7 Å². The number of fused-ring (bicyclic) bond motifs is 2. The predicted octanol–water partition coefficient (Wildman–Crippen LogP) is 4.08. The van der Waals surface area contributed by atoms with E-state index in [1.807, 2.05) is 6.92 Å². The second-order valence-corrected chi connectivity index (χ2v) is 18.7. The fourth-order valence-electron chi connectivity index (χ4n) is 6.90. The van der Waals surface area contributed by atoms with E-state index in [1.165, 1.54) is 9.80 Å². The van der Waals surface area contributed by atoms with Crippen LogP contribution in [0, 0.1) is 5.41 Å². The van der Waals surface area contributed by atoms with Crippen LogP contribution in [0.1, 0.15) is 70.4 Å². The first-order valence-corrected chi connectivity index (χ1v) is 18.1. The average Bonchev–Trinajstić information content (AvgIpc) is 3.10. The van der Waals surface area contributed by atoms with Gasteiger partial charge in [-0.2, -0.15) is 0 Å². The Morgan fingerprint density at radius 2 is 1.69 bits per heavy atom. The molecule has 0 N–H and O–H groups in total. The Morgan fingerprint density at radius 3 is 2.36 bits per heavy atom. The topological polar surface area (TPSA) is 113 Å². The molecule has 0 bridgehead atoms. The number of urea groups is 1. The first-order valence-electron chi connectivity index (χ1n) is 14.4. The zero-order valence-corrected chi connectivity index (χ0v) is 24.7. The summed E-state index contributed by atoms with van der Waals surface area (Å²) in [6.07, 6.45) is 9.08. The van der Waals surface area contributed by atoms with Gasteiger partial charge in [0.1, 0.15) is 13.2 Å². The van der Waals surface area contributed by atoms with Gasteiger partial charge in [0, 0.05) is 39.7 Å². The second kappa shape index (κ2) is 10.4. The molecule has 11 heteroatoms. The van der Waals surface area contributed by atoms with Crippen LogP contribution in [-0.2, 0) is 24.5 Å².